The highest BCUT2D eigenvalue weighted by Crippen LogP contribution is 2.41. The fraction of sp³-hybridized carbons (Fsp3) is 0.400. The standard InChI is InChI=1S/C40H56O/c1-31(2)17-13-20-34(5)23-15-25-35(6)24-14-21-32(3)18-11-12-19-33(4)22-16-26-36(7)27-28-39-37(8)29-38(41)30-40(39,9)10/h11-12,14-19,21-29,38-39,41H,13,20,30H2,1-10H3. The molecule has 1 rings (SSSR count). The molecule has 1 aliphatic rings. The molecule has 1 N–H and O–H groups in total. The van der Waals surface area contributed by atoms with E-state index in [-0.39, 0.29) is 11.5 Å². The molecule has 0 bridgehead atoms. The molecular weight excluding hydrogens is 496 g/mol. The van der Waals surface area contributed by atoms with Gasteiger partial charge in [0.1, 0.15) is 0 Å². The normalized spacial score (nSPS) is 21.7. The molecular formula is C40H56O. The van der Waals surface area contributed by atoms with Crippen LogP contribution in [-0.4, -0.2) is 11.2 Å². The van der Waals surface area contributed by atoms with Gasteiger partial charge < -0.3 is 5.11 Å². The van der Waals surface area contributed by atoms with Crippen molar-refractivity contribution in [2.45, 2.75) is 94.6 Å². The Bertz CT molecular complexity index is 1200. The van der Waals surface area contributed by atoms with Crippen LogP contribution in [0.25, 0.3) is 0 Å². The minimum atomic E-state index is -0.326. The number of aliphatic hydroxyl groups excluding tert-OH is 1. The van der Waals surface area contributed by atoms with E-state index >= 15 is 0 Å². The Morgan fingerprint density at radius 3 is 1.68 bits per heavy atom. The Labute approximate surface area is 252 Å². The van der Waals surface area contributed by atoms with Crippen molar-refractivity contribution in [3.8, 4) is 0 Å². The smallest absolute Gasteiger partial charge is 0.0729 e. The van der Waals surface area contributed by atoms with Crippen LogP contribution in [-0.2, 0) is 0 Å². The van der Waals surface area contributed by atoms with E-state index in [0.29, 0.717) is 5.92 Å². The van der Waals surface area contributed by atoms with Gasteiger partial charge in [-0.1, -0.05) is 156 Å². The third-order valence-electron chi connectivity index (χ3n) is 7.17. The molecule has 41 heavy (non-hydrogen) atoms. The maximum absolute atomic E-state index is 10.1. The SMILES string of the molecule is CC(C)=CCCC(C)=CC=CC(C)=CC=CC(C)=CC=CC=C(C)C=CC=C(C)C=CC1C(C)=CC(O)CC1(C)C. The van der Waals surface area contributed by atoms with Gasteiger partial charge in [-0.2, -0.15) is 0 Å². The third kappa shape index (κ3) is 16.6. The van der Waals surface area contributed by atoms with E-state index in [0.717, 1.165) is 19.3 Å². The van der Waals surface area contributed by atoms with Crippen LogP contribution in [0.2, 0.25) is 0 Å². The van der Waals surface area contributed by atoms with Crippen LogP contribution in [0.15, 0.2) is 142 Å². The zero-order valence-electron chi connectivity index (χ0n) is 27.5. The Balaban J connectivity index is 2.59. The highest BCUT2D eigenvalue weighted by Gasteiger charge is 2.34. The Kier molecular flexibility index (Phi) is 16.7. The van der Waals surface area contributed by atoms with Crippen LogP contribution in [0.3, 0.4) is 0 Å². The molecule has 0 saturated carbocycles. The van der Waals surface area contributed by atoms with Gasteiger partial charge in [0.25, 0.3) is 0 Å². The number of hydrogen-bond acceptors (Lipinski definition) is 1. The molecule has 1 nitrogen and oxygen atoms in total. The molecule has 0 aliphatic heterocycles. The van der Waals surface area contributed by atoms with E-state index in [4.69, 9.17) is 0 Å². The van der Waals surface area contributed by atoms with Crippen LogP contribution in [0, 0.1) is 11.3 Å². The number of rotatable bonds is 13. The number of aliphatic hydroxyl groups is 1. The molecule has 0 amide bonds. The fourth-order valence-corrected chi connectivity index (χ4v) is 4.78. The van der Waals surface area contributed by atoms with Gasteiger partial charge in [-0.05, 0) is 80.1 Å². The molecule has 0 aromatic rings. The molecule has 222 valence electrons. The first kappa shape index (κ1) is 35.9. The van der Waals surface area contributed by atoms with Crippen molar-refractivity contribution in [3.05, 3.63) is 142 Å². The van der Waals surface area contributed by atoms with Crippen LogP contribution >= 0.6 is 0 Å². The van der Waals surface area contributed by atoms with Gasteiger partial charge >= 0.3 is 0 Å². The second-order valence-corrected chi connectivity index (χ2v) is 12.4. The summed E-state index contributed by atoms with van der Waals surface area (Å²) < 4.78 is 0. The second-order valence-electron chi connectivity index (χ2n) is 12.4. The zero-order chi connectivity index (χ0) is 30.8. The van der Waals surface area contributed by atoms with E-state index in [1.807, 2.05) is 6.08 Å². The summed E-state index contributed by atoms with van der Waals surface area (Å²) in [5.74, 6) is 0.354. The Morgan fingerprint density at radius 2 is 1.20 bits per heavy atom. The van der Waals surface area contributed by atoms with Gasteiger partial charge in [0.15, 0.2) is 0 Å². The molecule has 0 spiro atoms. The first-order valence-corrected chi connectivity index (χ1v) is 15.0. The molecule has 0 heterocycles. The van der Waals surface area contributed by atoms with E-state index in [9.17, 15) is 5.11 Å². The van der Waals surface area contributed by atoms with Crippen LogP contribution in [0.4, 0.5) is 0 Å². The predicted octanol–water partition coefficient (Wildman–Crippen LogP) is 11.6. The van der Waals surface area contributed by atoms with E-state index in [1.165, 1.54) is 39.0 Å². The predicted molar refractivity (Wildman–Crippen MR) is 185 cm³/mol. The lowest BCUT2D eigenvalue weighted by atomic mass is 9.67. The van der Waals surface area contributed by atoms with Crippen molar-refractivity contribution in [1.29, 1.82) is 0 Å². The third-order valence-corrected chi connectivity index (χ3v) is 7.17. The number of hydrogen-bond donors (Lipinski definition) is 1. The quantitative estimate of drug-likeness (QED) is 0.178. The van der Waals surface area contributed by atoms with Gasteiger partial charge in [0.2, 0.25) is 0 Å². The summed E-state index contributed by atoms with van der Waals surface area (Å²) in [6.45, 7) is 21.6. The first-order chi connectivity index (χ1) is 19.3. The van der Waals surface area contributed by atoms with Crippen molar-refractivity contribution >= 4 is 0 Å². The minimum absolute atomic E-state index is 0.0635. The van der Waals surface area contributed by atoms with Crippen molar-refractivity contribution < 1.29 is 5.11 Å². The van der Waals surface area contributed by atoms with Gasteiger partial charge in [-0.15, -0.1) is 0 Å². The molecule has 1 heteroatoms. The van der Waals surface area contributed by atoms with Crippen LogP contribution in [0.1, 0.15) is 88.5 Å². The highest BCUT2D eigenvalue weighted by molar-refractivity contribution is 5.33. The highest BCUT2D eigenvalue weighted by atomic mass is 16.3. The largest absolute Gasteiger partial charge is 0.389 e. The molecule has 1 aliphatic carbocycles. The lowest BCUT2D eigenvalue weighted by Gasteiger charge is -2.38. The first-order valence-electron chi connectivity index (χ1n) is 15.0. The topological polar surface area (TPSA) is 20.2 Å². The number of allylic oxidation sites excluding steroid dienone is 23. The van der Waals surface area contributed by atoms with Gasteiger partial charge in [-0.25, -0.2) is 0 Å². The monoisotopic (exact) mass is 552 g/mol. The van der Waals surface area contributed by atoms with Crippen molar-refractivity contribution in [1.82, 2.24) is 0 Å². The summed E-state index contributed by atoms with van der Waals surface area (Å²) in [7, 11) is 0. The molecule has 0 saturated heterocycles. The van der Waals surface area contributed by atoms with Gasteiger partial charge in [0, 0.05) is 5.92 Å². The van der Waals surface area contributed by atoms with E-state index in [1.54, 1.807) is 0 Å². The molecule has 2 unspecified atom stereocenters. The average molecular weight is 553 g/mol. The minimum Gasteiger partial charge on any atom is -0.389 e. The van der Waals surface area contributed by atoms with Crippen LogP contribution in [0.5, 0.6) is 0 Å². The summed E-state index contributed by atoms with van der Waals surface area (Å²) in [5, 5.41) is 10.1. The summed E-state index contributed by atoms with van der Waals surface area (Å²) >= 11 is 0. The van der Waals surface area contributed by atoms with Crippen molar-refractivity contribution in [2.24, 2.45) is 11.3 Å². The van der Waals surface area contributed by atoms with Crippen molar-refractivity contribution in [3.63, 3.8) is 0 Å². The summed E-state index contributed by atoms with van der Waals surface area (Å²) in [4.78, 5) is 0. The maximum atomic E-state index is 10.1. The summed E-state index contributed by atoms with van der Waals surface area (Å²) in [5.41, 5.74) is 8.95. The Morgan fingerprint density at radius 1 is 0.732 bits per heavy atom. The maximum Gasteiger partial charge on any atom is 0.0729 e. The summed E-state index contributed by atoms with van der Waals surface area (Å²) in [6.07, 6.45) is 39.1. The van der Waals surface area contributed by atoms with Crippen LogP contribution < -0.4 is 0 Å². The van der Waals surface area contributed by atoms with E-state index in [2.05, 4.69) is 166 Å². The van der Waals surface area contributed by atoms with Gasteiger partial charge in [-0.3, -0.25) is 0 Å². The summed E-state index contributed by atoms with van der Waals surface area (Å²) in [6, 6.07) is 0. The fourth-order valence-electron chi connectivity index (χ4n) is 4.78. The molecule has 0 aromatic carbocycles. The lowest BCUT2D eigenvalue weighted by molar-refractivity contribution is 0.117. The molecule has 0 aromatic heterocycles. The Hall–Kier alpha value is -3.16. The molecule has 0 fully saturated rings. The molecule has 2 atom stereocenters. The molecule has 0 radical (unpaired) electrons. The second kappa shape index (κ2) is 19.1. The van der Waals surface area contributed by atoms with Crippen molar-refractivity contribution in [2.75, 3.05) is 0 Å². The van der Waals surface area contributed by atoms with Gasteiger partial charge in [0.05, 0.1) is 6.10 Å². The van der Waals surface area contributed by atoms with E-state index < -0.39 is 0 Å². The average Bonchev–Trinajstić information content (AvgIpc) is 2.85. The lowest BCUT2D eigenvalue weighted by Crippen LogP contribution is -2.32. The zero-order valence-corrected chi connectivity index (χ0v) is 27.5.